The highest BCUT2D eigenvalue weighted by Gasteiger charge is 2.22. The van der Waals surface area contributed by atoms with E-state index in [2.05, 4.69) is 20.6 Å². The summed E-state index contributed by atoms with van der Waals surface area (Å²) in [5, 5.41) is 15.9. The van der Waals surface area contributed by atoms with Gasteiger partial charge in [0.25, 0.3) is 5.91 Å². The van der Waals surface area contributed by atoms with Crippen LogP contribution in [0.3, 0.4) is 0 Å². The number of aryl methyl sites for hydroxylation is 1. The second-order valence-electron chi connectivity index (χ2n) is 6.17. The smallest absolute Gasteiger partial charge is 0.262 e. The van der Waals surface area contributed by atoms with Crippen molar-refractivity contribution in [3.63, 3.8) is 0 Å². The predicted molar refractivity (Wildman–Crippen MR) is 112 cm³/mol. The van der Waals surface area contributed by atoms with Crippen LogP contribution in [0.15, 0.2) is 54.6 Å². The molecule has 0 bridgehead atoms. The van der Waals surface area contributed by atoms with Crippen LogP contribution >= 0.6 is 22.9 Å². The normalized spacial score (nSPS) is 10.8. The Hall–Kier alpha value is -3.30. The highest BCUT2D eigenvalue weighted by molar-refractivity contribution is 7.15. The SMILES string of the molecule is Cc1nn(-c2ccccc2)c(Cl)c1C(=O)Nc1nnc(COc2ccccc2F)s1. The van der Waals surface area contributed by atoms with Crippen LogP contribution in [0.4, 0.5) is 9.52 Å². The molecule has 0 spiro atoms. The quantitative estimate of drug-likeness (QED) is 0.469. The summed E-state index contributed by atoms with van der Waals surface area (Å²) in [7, 11) is 0. The first kappa shape index (κ1) is 20.0. The van der Waals surface area contributed by atoms with Crippen molar-refractivity contribution < 1.29 is 13.9 Å². The summed E-state index contributed by atoms with van der Waals surface area (Å²) in [6, 6.07) is 15.4. The first-order valence-electron chi connectivity index (χ1n) is 8.84. The minimum Gasteiger partial charge on any atom is -0.483 e. The zero-order valence-electron chi connectivity index (χ0n) is 15.7. The monoisotopic (exact) mass is 443 g/mol. The van der Waals surface area contributed by atoms with E-state index in [9.17, 15) is 9.18 Å². The minimum atomic E-state index is -0.462. The van der Waals surface area contributed by atoms with Crippen molar-refractivity contribution in [2.24, 2.45) is 0 Å². The average molecular weight is 444 g/mol. The summed E-state index contributed by atoms with van der Waals surface area (Å²) >= 11 is 7.54. The van der Waals surface area contributed by atoms with Gasteiger partial charge in [0.15, 0.2) is 16.6 Å². The van der Waals surface area contributed by atoms with Crippen molar-refractivity contribution in [3.05, 3.63) is 81.8 Å². The van der Waals surface area contributed by atoms with Crippen molar-refractivity contribution in [1.82, 2.24) is 20.0 Å². The fourth-order valence-electron chi connectivity index (χ4n) is 2.72. The maximum absolute atomic E-state index is 13.6. The third kappa shape index (κ3) is 4.17. The number of carbonyl (C=O) groups is 1. The lowest BCUT2D eigenvalue weighted by molar-refractivity contribution is 0.102. The number of ether oxygens (including phenoxy) is 1. The van der Waals surface area contributed by atoms with Gasteiger partial charge in [-0.05, 0) is 31.2 Å². The fraction of sp³-hybridized carbons (Fsp3) is 0.100. The molecule has 152 valence electrons. The summed E-state index contributed by atoms with van der Waals surface area (Å²) in [5.41, 5.74) is 1.47. The molecule has 0 fully saturated rings. The standard InChI is InChI=1S/C20H15ClFN5O2S/c1-12-17(18(21)27(26-12)13-7-3-2-4-8-13)19(28)23-20-25-24-16(30-20)11-29-15-10-6-5-9-14(15)22/h2-10H,11H2,1H3,(H,23,25,28). The molecule has 1 N–H and O–H groups in total. The lowest BCUT2D eigenvalue weighted by atomic mass is 10.2. The van der Waals surface area contributed by atoms with E-state index in [0.29, 0.717) is 10.7 Å². The number of nitrogens with one attached hydrogen (secondary N) is 1. The molecule has 4 rings (SSSR count). The summed E-state index contributed by atoms with van der Waals surface area (Å²) in [6.07, 6.45) is 0. The van der Waals surface area contributed by atoms with Gasteiger partial charge in [-0.2, -0.15) is 5.10 Å². The highest BCUT2D eigenvalue weighted by atomic mass is 35.5. The number of aromatic nitrogens is 4. The van der Waals surface area contributed by atoms with Gasteiger partial charge in [0.2, 0.25) is 5.13 Å². The summed E-state index contributed by atoms with van der Waals surface area (Å²) < 4.78 is 20.5. The van der Waals surface area contributed by atoms with Gasteiger partial charge < -0.3 is 4.74 Å². The molecule has 0 aliphatic rings. The Morgan fingerprint density at radius 3 is 2.67 bits per heavy atom. The van der Waals surface area contributed by atoms with E-state index >= 15 is 0 Å². The van der Waals surface area contributed by atoms with Crippen LogP contribution in [-0.4, -0.2) is 25.9 Å². The van der Waals surface area contributed by atoms with E-state index in [1.54, 1.807) is 19.1 Å². The Kier molecular flexibility index (Phi) is 5.73. The number of nitrogens with zero attached hydrogens (tertiary/aromatic N) is 4. The van der Waals surface area contributed by atoms with E-state index in [1.165, 1.54) is 16.8 Å². The number of amides is 1. The van der Waals surface area contributed by atoms with Crippen molar-refractivity contribution in [1.29, 1.82) is 0 Å². The number of hydrogen-bond donors (Lipinski definition) is 1. The third-order valence-corrected chi connectivity index (χ3v) is 5.27. The topological polar surface area (TPSA) is 81.9 Å². The highest BCUT2D eigenvalue weighted by Crippen LogP contribution is 2.26. The first-order valence-corrected chi connectivity index (χ1v) is 10.0. The zero-order chi connectivity index (χ0) is 21.1. The van der Waals surface area contributed by atoms with E-state index in [1.807, 2.05) is 30.3 Å². The molecule has 2 heterocycles. The minimum absolute atomic E-state index is 0.0280. The lowest BCUT2D eigenvalue weighted by Crippen LogP contribution is -2.13. The number of hydrogen-bond acceptors (Lipinski definition) is 6. The molecule has 30 heavy (non-hydrogen) atoms. The van der Waals surface area contributed by atoms with Crippen LogP contribution in [0.25, 0.3) is 5.69 Å². The maximum Gasteiger partial charge on any atom is 0.262 e. The van der Waals surface area contributed by atoms with E-state index in [0.717, 1.165) is 17.0 Å². The van der Waals surface area contributed by atoms with Crippen molar-refractivity contribution in [3.8, 4) is 11.4 Å². The number of para-hydroxylation sites is 2. The van der Waals surface area contributed by atoms with E-state index in [4.69, 9.17) is 16.3 Å². The van der Waals surface area contributed by atoms with Gasteiger partial charge in [-0.1, -0.05) is 53.3 Å². The molecule has 7 nitrogen and oxygen atoms in total. The summed E-state index contributed by atoms with van der Waals surface area (Å²) in [6.45, 7) is 1.73. The van der Waals surface area contributed by atoms with Gasteiger partial charge in [-0.3, -0.25) is 10.1 Å². The second kappa shape index (κ2) is 8.60. The fourth-order valence-corrected chi connectivity index (χ4v) is 3.73. The van der Waals surface area contributed by atoms with Gasteiger partial charge >= 0.3 is 0 Å². The summed E-state index contributed by atoms with van der Waals surface area (Å²) in [5.74, 6) is -0.789. The van der Waals surface area contributed by atoms with Crippen molar-refractivity contribution in [2.45, 2.75) is 13.5 Å². The van der Waals surface area contributed by atoms with Crippen molar-refractivity contribution >= 4 is 34.0 Å². The maximum atomic E-state index is 13.6. The Morgan fingerprint density at radius 2 is 1.90 bits per heavy atom. The van der Waals surface area contributed by atoms with Gasteiger partial charge in [0.1, 0.15) is 17.3 Å². The Bertz CT molecular complexity index is 1200. The van der Waals surface area contributed by atoms with E-state index < -0.39 is 11.7 Å². The van der Waals surface area contributed by atoms with Gasteiger partial charge in [-0.25, -0.2) is 9.07 Å². The molecule has 0 aliphatic carbocycles. The molecule has 2 aromatic heterocycles. The zero-order valence-corrected chi connectivity index (χ0v) is 17.2. The van der Waals surface area contributed by atoms with Gasteiger partial charge in [-0.15, -0.1) is 10.2 Å². The Labute approximate surface area is 180 Å². The number of rotatable bonds is 6. The molecule has 4 aromatic rings. The molecule has 0 radical (unpaired) electrons. The molecule has 2 aromatic carbocycles. The summed E-state index contributed by atoms with van der Waals surface area (Å²) in [4.78, 5) is 12.7. The third-order valence-electron chi connectivity index (χ3n) is 4.11. The molecule has 0 atom stereocenters. The number of anilines is 1. The number of carbonyl (C=O) groups excluding carboxylic acids is 1. The largest absolute Gasteiger partial charge is 0.483 e. The molecule has 0 aliphatic heterocycles. The predicted octanol–water partition coefficient (Wildman–Crippen LogP) is 4.66. The van der Waals surface area contributed by atoms with E-state index in [-0.39, 0.29) is 28.2 Å². The molecular formula is C20H15ClFN5O2S. The van der Waals surface area contributed by atoms with Crippen LogP contribution in [0, 0.1) is 12.7 Å². The van der Waals surface area contributed by atoms with Crippen LogP contribution in [0.1, 0.15) is 21.1 Å². The molecule has 0 saturated carbocycles. The average Bonchev–Trinajstić information content (AvgIpc) is 3.31. The van der Waals surface area contributed by atoms with Crippen molar-refractivity contribution in [2.75, 3.05) is 5.32 Å². The number of benzene rings is 2. The van der Waals surface area contributed by atoms with Crippen LogP contribution in [-0.2, 0) is 6.61 Å². The molecule has 10 heteroatoms. The lowest BCUT2D eigenvalue weighted by Gasteiger charge is -2.04. The molecule has 0 unspecified atom stereocenters. The molecular weight excluding hydrogens is 429 g/mol. The van der Waals surface area contributed by atoms with Crippen LogP contribution in [0.2, 0.25) is 5.15 Å². The molecule has 1 amide bonds. The Balaban J connectivity index is 1.46. The van der Waals surface area contributed by atoms with Crippen LogP contribution < -0.4 is 10.1 Å². The second-order valence-corrected chi connectivity index (χ2v) is 7.59. The number of halogens is 2. The van der Waals surface area contributed by atoms with Gasteiger partial charge in [0.05, 0.1) is 11.4 Å². The molecule has 0 saturated heterocycles. The first-order chi connectivity index (χ1) is 14.5. The van der Waals surface area contributed by atoms with Crippen LogP contribution in [0.5, 0.6) is 5.75 Å². The van der Waals surface area contributed by atoms with Gasteiger partial charge in [0, 0.05) is 0 Å². The Morgan fingerprint density at radius 1 is 1.17 bits per heavy atom.